The number of alkyl halides is 1. The van der Waals surface area contributed by atoms with Crippen molar-refractivity contribution in [2.24, 2.45) is 0 Å². The van der Waals surface area contributed by atoms with Crippen molar-refractivity contribution >= 4 is 15.9 Å². The van der Waals surface area contributed by atoms with E-state index in [4.69, 9.17) is 9.47 Å². The Morgan fingerprint density at radius 2 is 1.37 bits per heavy atom. The van der Waals surface area contributed by atoms with E-state index in [1.807, 2.05) is 54.6 Å². The molecule has 0 aliphatic carbocycles. The molecule has 0 saturated carbocycles. The Labute approximate surface area is 122 Å². The average molecular weight is 321 g/mol. The molecule has 0 saturated heterocycles. The van der Waals surface area contributed by atoms with Gasteiger partial charge in [-0.05, 0) is 49.2 Å². The lowest BCUT2D eigenvalue weighted by molar-refractivity contribution is 0.309. The third-order valence-corrected chi connectivity index (χ3v) is 3.16. The van der Waals surface area contributed by atoms with Crippen molar-refractivity contribution < 1.29 is 9.47 Å². The molecule has 2 rings (SSSR count). The highest BCUT2D eigenvalue weighted by Crippen LogP contribution is 2.23. The van der Waals surface area contributed by atoms with Crippen molar-refractivity contribution in [1.82, 2.24) is 0 Å². The molecule has 2 aromatic rings. The minimum atomic E-state index is 0.754. The van der Waals surface area contributed by atoms with Gasteiger partial charge >= 0.3 is 0 Å². The van der Waals surface area contributed by atoms with Crippen LogP contribution >= 0.6 is 15.9 Å². The molecule has 0 bridgehead atoms. The standard InChI is InChI=1S/C16H17BrO2/c17-12-4-5-13-18-14-8-10-16(11-9-14)19-15-6-2-1-3-7-15/h1-3,6-11H,4-5,12-13H2. The predicted octanol–water partition coefficient (Wildman–Crippen LogP) is 5.03. The summed E-state index contributed by atoms with van der Waals surface area (Å²) in [6.07, 6.45) is 2.20. The Kier molecular flexibility index (Phi) is 5.76. The summed E-state index contributed by atoms with van der Waals surface area (Å²) in [4.78, 5) is 0. The Bertz CT molecular complexity index is 468. The van der Waals surface area contributed by atoms with Crippen molar-refractivity contribution in [3.05, 3.63) is 54.6 Å². The van der Waals surface area contributed by atoms with Crippen LogP contribution in [0.3, 0.4) is 0 Å². The molecule has 0 heterocycles. The molecular weight excluding hydrogens is 304 g/mol. The fraction of sp³-hybridized carbons (Fsp3) is 0.250. The predicted molar refractivity (Wildman–Crippen MR) is 81.5 cm³/mol. The van der Waals surface area contributed by atoms with Gasteiger partial charge < -0.3 is 9.47 Å². The molecule has 0 amide bonds. The van der Waals surface area contributed by atoms with Crippen LogP contribution in [-0.2, 0) is 0 Å². The summed E-state index contributed by atoms with van der Waals surface area (Å²) < 4.78 is 11.4. The first-order chi connectivity index (χ1) is 9.38. The van der Waals surface area contributed by atoms with Crippen LogP contribution in [0.1, 0.15) is 12.8 Å². The Morgan fingerprint density at radius 1 is 0.737 bits per heavy atom. The molecule has 0 aliphatic heterocycles. The third kappa shape index (κ3) is 4.95. The zero-order valence-corrected chi connectivity index (χ0v) is 12.3. The maximum absolute atomic E-state index is 5.71. The van der Waals surface area contributed by atoms with Gasteiger partial charge in [0.25, 0.3) is 0 Å². The van der Waals surface area contributed by atoms with E-state index in [2.05, 4.69) is 15.9 Å². The zero-order valence-electron chi connectivity index (χ0n) is 10.7. The Hall–Kier alpha value is -1.48. The van der Waals surface area contributed by atoms with Crippen molar-refractivity contribution in [2.45, 2.75) is 12.8 Å². The lowest BCUT2D eigenvalue weighted by atomic mass is 10.3. The van der Waals surface area contributed by atoms with Crippen molar-refractivity contribution in [2.75, 3.05) is 11.9 Å². The first kappa shape index (κ1) is 13.9. The minimum absolute atomic E-state index is 0.754. The number of rotatable bonds is 7. The quantitative estimate of drug-likeness (QED) is 0.526. The van der Waals surface area contributed by atoms with Crippen molar-refractivity contribution in [1.29, 1.82) is 0 Å². The van der Waals surface area contributed by atoms with Gasteiger partial charge in [0, 0.05) is 5.33 Å². The highest BCUT2D eigenvalue weighted by molar-refractivity contribution is 9.09. The summed E-state index contributed by atoms with van der Waals surface area (Å²) in [7, 11) is 0. The van der Waals surface area contributed by atoms with Gasteiger partial charge in [0.1, 0.15) is 17.2 Å². The molecule has 2 aromatic carbocycles. The molecular formula is C16H17BrO2. The fourth-order valence-corrected chi connectivity index (χ4v) is 2.01. The van der Waals surface area contributed by atoms with E-state index < -0.39 is 0 Å². The van der Waals surface area contributed by atoms with Gasteiger partial charge in [-0.3, -0.25) is 0 Å². The summed E-state index contributed by atoms with van der Waals surface area (Å²) >= 11 is 3.40. The molecule has 0 aliphatic rings. The average Bonchev–Trinajstić information content (AvgIpc) is 2.46. The highest BCUT2D eigenvalue weighted by atomic mass is 79.9. The fourth-order valence-electron chi connectivity index (χ4n) is 1.62. The molecule has 0 unspecified atom stereocenters. The molecule has 0 N–H and O–H groups in total. The van der Waals surface area contributed by atoms with Crippen LogP contribution in [0, 0.1) is 0 Å². The van der Waals surface area contributed by atoms with E-state index in [1.54, 1.807) is 0 Å². The smallest absolute Gasteiger partial charge is 0.127 e. The topological polar surface area (TPSA) is 18.5 Å². The number of hydrogen-bond donors (Lipinski definition) is 0. The van der Waals surface area contributed by atoms with Gasteiger partial charge in [0.2, 0.25) is 0 Å². The second-order valence-corrected chi connectivity index (χ2v) is 4.92. The molecule has 2 nitrogen and oxygen atoms in total. The summed E-state index contributed by atoms with van der Waals surface area (Å²) in [5, 5.41) is 1.03. The maximum Gasteiger partial charge on any atom is 0.127 e. The summed E-state index contributed by atoms with van der Waals surface area (Å²) in [6.45, 7) is 0.754. The minimum Gasteiger partial charge on any atom is -0.494 e. The van der Waals surface area contributed by atoms with Crippen LogP contribution in [0.15, 0.2) is 54.6 Å². The number of halogens is 1. The number of ether oxygens (including phenoxy) is 2. The monoisotopic (exact) mass is 320 g/mol. The number of hydrogen-bond acceptors (Lipinski definition) is 2. The maximum atomic E-state index is 5.71. The van der Waals surface area contributed by atoms with Crippen molar-refractivity contribution in [3.63, 3.8) is 0 Å². The summed E-state index contributed by atoms with van der Waals surface area (Å²) in [6, 6.07) is 17.5. The highest BCUT2D eigenvalue weighted by Gasteiger charge is 1.98. The number of unbranched alkanes of at least 4 members (excludes halogenated alkanes) is 1. The first-order valence-electron chi connectivity index (χ1n) is 6.40. The van der Waals surface area contributed by atoms with Gasteiger partial charge in [-0.2, -0.15) is 0 Å². The molecule has 3 heteroatoms. The molecule has 19 heavy (non-hydrogen) atoms. The van der Waals surface area contributed by atoms with E-state index >= 15 is 0 Å². The Morgan fingerprint density at radius 3 is 2.05 bits per heavy atom. The molecule has 0 fully saturated rings. The molecule has 0 atom stereocenters. The second-order valence-electron chi connectivity index (χ2n) is 4.13. The number of benzene rings is 2. The number of para-hydroxylation sites is 1. The van der Waals surface area contributed by atoms with Crippen LogP contribution in [0.2, 0.25) is 0 Å². The van der Waals surface area contributed by atoms with Crippen LogP contribution in [0.25, 0.3) is 0 Å². The lowest BCUT2D eigenvalue weighted by Gasteiger charge is -2.08. The molecule has 0 aromatic heterocycles. The van der Waals surface area contributed by atoms with E-state index in [0.29, 0.717) is 0 Å². The normalized spacial score (nSPS) is 10.2. The molecule has 100 valence electrons. The second kappa shape index (κ2) is 7.85. The van der Waals surface area contributed by atoms with E-state index in [0.717, 1.165) is 42.0 Å². The SMILES string of the molecule is BrCCCCOc1ccc(Oc2ccccc2)cc1. The zero-order chi connectivity index (χ0) is 13.3. The molecule has 0 spiro atoms. The van der Waals surface area contributed by atoms with Gasteiger partial charge in [0.05, 0.1) is 6.61 Å². The Balaban J connectivity index is 1.84. The van der Waals surface area contributed by atoms with Crippen LogP contribution in [0.5, 0.6) is 17.2 Å². The van der Waals surface area contributed by atoms with Gasteiger partial charge in [-0.15, -0.1) is 0 Å². The van der Waals surface area contributed by atoms with Crippen LogP contribution < -0.4 is 9.47 Å². The van der Waals surface area contributed by atoms with Crippen LogP contribution in [-0.4, -0.2) is 11.9 Å². The summed E-state index contributed by atoms with van der Waals surface area (Å²) in [5.41, 5.74) is 0. The van der Waals surface area contributed by atoms with E-state index in [9.17, 15) is 0 Å². The third-order valence-electron chi connectivity index (χ3n) is 2.60. The first-order valence-corrected chi connectivity index (χ1v) is 7.52. The molecule has 0 radical (unpaired) electrons. The van der Waals surface area contributed by atoms with Gasteiger partial charge in [-0.1, -0.05) is 34.1 Å². The van der Waals surface area contributed by atoms with Gasteiger partial charge in [-0.25, -0.2) is 0 Å². The lowest BCUT2D eigenvalue weighted by Crippen LogP contribution is -1.97. The van der Waals surface area contributed by atoms with E-state index in [-0.39, 0.29) is 0 Å². The van der Waals surface area contributed by atoms with Crippen LogP contribution in [0.4, 0.5) is 0 Å². The summed E-state index contributed by atoms with van der Waals surface area (Å²) in [5.74, 6) is 2.54. The van der Waals surface area contributed by atoms with E-state index in [1.165, 1.54) is 0 Å². The van der Waals surface area contributed by atoms with Crippen molar-refractivity contribution in [3.8, 4) is 17.2 Å². The largest absolute Gasteiger partial charge is 0.494 e. The van der Waals surface area contributed by atoms with Gasteiger partial charge in [0.15, 0.2) is 0 Å².